The van der Waals surface area contributed by atoms with Crippen LogP contribution < -0.4 is 5.32 Å². The summed E-state index contributed by atoms with van der Waals surface area (Å²) in [4.78, 5) is 38.3. The topological polar surface area (TPSA) is 66.5 Å². The lowest BCUT2D eigenvalue weighted by atomic mass is 10.3. The van der Waals surface area contributed by atoms with E-state index in [1.54, 1.807) is 6.08 Å². The van der Waals surface area contributed by atoms with Gasteiger partial charge in [-0.25, -0.2) is 4.39 Å². The number of thioether (sulfide) groups is 1. The highest BCUT2D eigenvalue weighted by Gasteiger charge is 2.36. The first kappa shape index (κ1) is 17.7. The molecule has 1 aromatic carbocycles. The number of carbonyl (C=O) groups excluding carboxylic acids is 3. The summed E-state index contributed by atoms with van der Waals surface area (Å²) in [6.45, 7) is -0.429. The van der Waals surface area contributed by atoms with Crippen LogP contribution in [0.15, 0.2) is 40.6 Å². The van der Waals surface area contributed by atoms with Gasteiger partial charge in [-0.1, -0.05) is 17.7 Å². The number of hydrogen-bond donors (Lipinski definition) is 1. The minimum absolute atomic E-state index is 0.136. The second kappa shape index (κ2) is 7.38. The third-order valence-electron chi connectivity index (χ3n) is 3.20. The molecule has 0 spiro atoms. The molecule has 0 unspecified atom stereocenters. The number of imide groups is 1. The van der Waals surface area contributed by atoms with Gasteiger partial charge in [0.15, 0.2) is 0 Å². The predicted octanol–water partition coefficient (Wildman–Crippen LogP) is 4.22. The van der Waals surface area contributed by atoms with E-state index in [-0.39, 0.29) is 15.6 Å². The summed E-state index contributed by atoms with van der Waals surface area (Å²) in [5.74, 6) is -1.71. The van der Waals surface area contributed by atoms with E-state index in [1.807, 2.05) is 17.5 Å². The molecule has 1 aliphatic heterocycles. The highest BCUT2D eigenvalue weighted by molar-refractivity contribution is 8.18. The van der Waals surface area contributed by atoms with Crippen LogP contribution in [0.5, 0.6) is 0 Å². The fraction of sp³-hybridized carbons (Fsp3) is 0.0625. The van der Waals surface area contributed by atoms with E-state index in [2.05, 4.69) is 5.32 Å². The molecule has 5 nitrogen and oxygen atoms in total. The Morgan fingerprint density at radius 2 is 2.12 bits per heavy atom. The van der Waals surface area contributed by atoms with Crippen molar-refractivity contribution < 1.29 is 18.8 Å². The number of nitrogens with zero attached hydrogens (tertiary/aromatic N) is 1. The molecule has 2 aromatic rings. The van der Waals surface area contributed by atoms with Crippen molar-refractivity contribution in [1.82, 2.24) is 4.90 Å². The van der Waals surface area contributed by atoms with Crippen LogP contribution in [0.25, 0.3) is 6.08 Å². The second-order valence-electron chi connectivity index (χ2n) is 4.96. The quantitative estimate of drug-likeness (QED) is 0.786. The van der Waals surface area contributed by atoms with Crippen LogP contribution in [0.2, 0.25) is 5.02 Å². The van der Waals surface area contributed by atoms with Gasteiger partial charge in [-0.15, -0.1) is 11.3 Å². The minimum Gasteiger partial charge on any atom is -0.324 e. The maximum absolute atomic E-state index is 13.1. The van der Waals surface area contributed by atoms with Crippen molar-refractivity contribution in [3.05, 3.63) is 56.3 Å². The zero-order valence-electron chi connectivity index (χ0n) is 12.5. The van der Waals surface area contributed by atoms with E-state index < -0.39 is 29.4 Å². The number of nitrogens with one attached hydrogen (secondary N) is 1. The Morgan fingerprint density at radius 3 is 2.80 bits per heavy atom. The lowest BCUT2D eigenvalue weighted by Crippen LogP contribution is -2.36. The predicted molar refractivity (Wildman–Crippen MR) is 97.0 cm³/mol. The molecule has 0 saturated carbocycles. The monoisotopic (exact) mass is 396 g/mol. The zero-order valence-corrected chi connectivity index (χ0v) is 14.9. The zero-order chi connectivity index (χ0) is 18.0. The first-order chi connectivity index (χ1) is 11.9. The summed E-state index contributed by atoms with van der Waals surface area (Å²) < 4.78 is 13.1. The van der Waals surface area contributed by atoms with Gasteiger partial charge in [0.25, 0.3) is 11.1 Å². The number of anilines is 1. The van der Waals surface area contributed by atoms with Gasteiger partial charge < -0.3 is 5.32 Å². The lowest BCUT2D eigenvalue weighted by molar-refractivity contribution is -0.127. The van der Waals surface area contributed by atoms with Gasteiger partial charge in [-0.2, -0.15) is 0 Å². The first-order valence-electron chi connectivity index (χ1n) is 6.98. The van der Waals surface area contributed by atoms with Crippen LogP contribution in [0.1, 0.15) is 4.88 Å². The second-order valence-corrected chi connectivity index (χ2v) is 7.34. The number of amides is 3. The Kier molecular flexibility index (Phi) is 5.22. The van der Waals surface area contributed by atoms with Crippen LogP contribution in [0, 0.1) is 5.82 Å². The molecule has 1 fully saturated rings. The fourth-order valence-electron chi connectivity index (χ4n) is 2.06. The van der Waals surface area contributed by atoms with Gasteiger partial charge in [-0.05, 0) is 47.5 Å². The molecule has 1 aliphatic rings. The van der Waals surface area contributed by atoms with Gasteiger partial charge in [0.05, 0.1) is 9.93 Å². The largest absolute Gasteiger partial charge is 0.324 e. The van der Waals surface area contributed by atoms with E-state index in [0.29, 0.717) is 0 Å². The lowest BCUT2D eigenvalue weighted by Gasteiger charge is -2.12. The molecule has 3 rings (SSSR count). The summed E-state index contributed by atoms with van der Waals surface area (Å²) in [5, 5.41) is 3.68. The number of hydrogen-bond acceptors (Lipinski definition) is 5. The molecule has 25 heavy (non-hydrogen) atoms. The molecule has 0 radical (unpaired) electrons. The molecule has 0 aliphatic carbocycles. The standard InChI is InChI=1S/C16H10ClFN2O3S2/c17-11-6-9(3-4-12(11)18)19-14(21)8-20-15(22)13(25-16(20)23)7-10-2-1-5-24-10/h1-7H,8H2,(H,19,21)/b13-7+. The van der Waals surface area contributed by atoms with Crippen LogP contribution >= 0.6 is 34.7 Å². The van der Waals surface area contributed by atoms with Crippen molar-refractivity contribution in [2.24, 2.45) is 0 Å². The smallest absolute Gasteiger partial charge is 0.294 e. The molecule has 1 aromatic heterocycles. The molecule has 3 amide bonds. The minimum atomic E-state index is -0.607. The van der Waals surface area contributed by atoms with Crippen molar-refractivity contribution in [3.8, 4) is 0 Å². The van der Waals surface area contributed by atoms with Crippen molar-refractivity contribution in [2.75, 3.05) is 11.9 Å². The normalized spacial score (nSPS) is 15.9. The van der Waals surface area contributed by atoms with E-state index in [4.69, 9.17) is 11.6 Å². The van der Waals surface area contributed by atoms with Gasteiger partial charge in [0, 0.05) is 10.6 Å². The van der Waals surface area contributed by atoms with Crippen molar-refractivity contribution in [1.29, 1.82) is 0 Å². The van der Waals surface area contributed by atoms with Crippen molar-refractivity contribution in [3.63, 3.8) is 0 Å². The SMILES string of the molecule is O=C(CN1C(=O)S/C(=C/c2cccs2)C1=O)Nc1ccc(F)c(Cl)c1. The van der Waals surface area contributed by atoms with E-state index in [1.165, 1.54) is 23.5 Å². The van der Waals surface area contributed by atoms with Gasteiger partial charge >= 0.3 is 0 Å². The number of rotatable bonds is 4. The van der Waals surface area contributed by atoms with E-state index in [0.717, 1.165) is 27.6 Å². The summed E-state index contributed by atoms with van der Waals surface area (Å²) in [6.07, 6.45) is 1.62. The fourth-order valence-corrected chi connectivity index (χ4v) is 3.80. The molecule has 2 heterocycles. The number of thiophene rings is 1. The first-order valence-corrected chi connectivity index (χ1v) is 9.05. The molecular formula is C16H10ClFN2O3S2. The van der Waals surface area contributed by atoms with Crippen LogP contribution in [-0.2, 0) is 9.59 Å². The Morgan fingerprint density at radius 1 is 1.32 bits per heavy atom. The Bertz CT molecular complexity index is 884. The molecule has 1 N–H and O–H groups in total. The van der Waals surface area contributed by atoms with Crippen LogP contribution in [0.4, 0.5) is 14.9 Å². The number of benzene rings is 1. The average molecular weight is 397 g/mol. The number of carbonyl (C=O) groups is 3. The van der Waals surface area contributed by atoms with Gasteiger partial charge in [0.2, 0.25) is 5.91 Å². The molecule has 128 valence electrons. The summed E-state index contributed by atoms with van der Waals surface area (Å²) in [6, 6.07) is 7.36. The van der Waals surface area contributed by atoms with E-state index in [9.17, 15) is 18.8 Å². The summed E-state index contributed by atoms with van der Waals surface area (Å²) >= 11 is 7.87. The van der Waals surface area contributed by atoms with Gasteiger partial charge in [-0.3, -0.25) is 19.3 Å². The maximum atomic E-state index is 13.1. The number of halogens is 2. The average Bonchev–Trinajstić information content (AvgIpc) is 3.15. The molecule has 9 heteroatoms. The molecular weight excluding hydrogens is 387 g/mol. The van der Waals surface area contributed by atoms with Gasteiger partial charge in [0.1, 0.15) is 12.4 Å². The Balaban J connectivity index is 1.67. The molecule has 0 atom stereocenters. The summed E-state index contributed by atoms with van der Waals surface area (Å²) in [5.41, 5.74) is 0.275. The highest BCUT2D eigenvalue weighted by Crippen LogP contribution is 2.32. The van der Waals surface area contributed by atoms with Crippen molar-refractivity contribution in [2.45, 2.75) is 0 Å². The third kappa shape index (κ3) is 4.09. The van der Waals surface area contributed by atoms with E-state index >= 15 is 0 Å². The molecule has 0 bridgehead atoms. The third-order valence-corrected chi connectivity index (χ3v) is 5.21. The van der Waals surface area contributed by atoms with Crippen LogP contribution in [-0.4, -0.2) is 28.5 Å². The Labute approximate surface area is 155 Å². The van der Waals surface area contributed by atoms with Crippen molar-refractivity contribution >= 4 is 63.5 Å². The summed E-state index contributed by atoms with van der Waals surface area (Å²) in [7, 11) is 0. The highest BCUT2D eigenvalue weighted by atomic mass is 35.5. The van der Waals surface area contributed by atoms with Crippen LogP contribution in [0.3, 0.4) is 0 Å². The molecule has 1 saturated heterocycles. The Hall–Kier alpha value is -2.16. The maximum Gasteiger partial charge on any atom is 0.294 e.